The standard InChI is InChI=1S/C16H31NO/c1-3-4-14(2)13-15-5-7-16(8-6-15)17-9-11-18-12-10-17/h14-16H,3-13H2,1-2H3. The second-order valence-electron chi connectivity index (χ2n) is 6.45. The molecule has 1 saturated heterocycles. The molecule has 0 aromatic rings. The Balaban J connectivity index is 1.67. The maximum atomic E-state index is 5.45. The molecule has 0 N–H and O–H groups in total. The molecule has 1 saturated carbocycles. The fourth-order valence-electron chi connectivity index (χ4n) is 3.87. The molecule has 1 heterocycles. The third kappa shape index (κ3) is 4.24. The van der Waals surface area contributed by atoms with E-state index in [9.17, 15) is 0 Å². The fraction of sp³-hybridized carbons (Fsp3) is 1.00. The Morgan fingerprint density at radius 2 is 1.78 bits per heavy atom. The van der Waals surface area contributed by atoms with Crippen LogP contribution in [-0.4, -0.2) is 37.2 Å². The largest absolute Gasteiger partial charge is 0.379 e. The second-order valence-corrected chi connectivity index (χ2v) is 6.45. The first kappa shape index (κ1) is 14.3. The Kier molecular flexibility index (Phi) is 5.97. The van der Waals surface area contributed by atoms with Gasteiger partial charge in [0, 0.05) is 19.1 Å². The van der Waals surface area contributed by atoms with Crippen molar-refractivity contribution < 1.29 is 4.74 Å². The van der Waals surface area contributed by atoms with Gasteiger partial charge >= 0.3 is 0 Å². The highest BCUT2D eigenvalue weighted by atomic mass is 16.5. The van der Waals surface area contributed by atoms with Crippen LogP contribution in [0.3, 0.4) is 0 Å². The van der Waals surface area contributed by atoms with Crippen LogP contribution in [0.4, 0.5) is 0 Å². The zero-order valence-electron chi connectivity index (χ0n) is 12.4. The first-order valence-electron chi connectivity index (χ1n) is 8.11. The normalized spacial score (nSPS) is 32.3. The van der Waals surface area contributed by atoms with Gasteiger partial charge in [0.25, 0.3) is 0 Å². The minimum atomic E-state index is 0.867. The van der Waals surface area contributed by atoms with E-state index in [1.807, 2.05) is 0 Å². The molecule has 2 heteroatoms. The maximum Gasteiger partial charge on any atom is 0.0594 e. The number of ether oxygens (including phenoxy) is 1. The van der Waals surface area contributed by atoms with Crippen LogP contribution in [0.1, 0.15) is 58.8 Å². The molecular formula is C16H31NO. The Bertz CT molecular complexity index is 217. The third-order valence-electron chi connectivity index (χ3n) is 4.90. The van der Waals surface area contributed by atoms with Gasteiger partial charge in [-0.1, -0.05) is 26.7 Å². The zero-order valence-corrected chi connectivity index (χ0v) is 12.4. The number of hydrogen-bond acceptors (Lipinski definition) is 2. The van der Waals surface area contributed by atoms with Crippen molar-refractivity contribution >= 4 is 0 Å². The smallest absolute Gasteiger partial charge is 0.0594 e. The number of morpholine rings is 1. The number of rotatable bonds is 5. The summed E-state index contributed by atoms with van der Waals surface area (Å²) in [5.41, 5.74) is 0. The van der Waals surface area contributed by atoms with Gasteiger partial charge in [-0.05, 0) is 43.9 Å². The Labute approximate surface area is 113 Å². The molecule has 2 fully saturated rings. The molecule has 1 atom stereocenters. The average molecular weight is 253 g/mol. The maximum absolute atomic E-state index is 5.45. The highest BCUT2D eigenvalue weighted by Crippen LogP contribution is 2.32. The van der Waals surface area contributed by atoms with Crippen LogP contribution < -0.4 is 0 Å². The van der Waals surface area contributed by atoms with Crippen LogP contribution in [-0.2, 0) is 4.74 Å². The highest BCUT2D eigenvalue weighted by molar-refractivity contribution is 4.81. The first-order valence-corrected chi connectivity index (χ1v) is 8.11. The van der Waals surface area contributed by atoms with Crippen molar-refractivity contribution in [1.29, 1.82) is 0 Å². The third-order valence-corrected chi connectivity index (χ3v) is 4.90. The monoisotopic (exact) mass is 253 g/mol. The van der Waals surface area contributed by atoms with Gasteiger partial charge in [0.1, 0.15) is 0 Å². The van der Waals surface area contributed by atoms with E-state index in [4.69, 9.17) is 4.74 Å². The van der Waals surface area contributed by atoms with Gasteiger partial charge in [0.2, 0.25) is 0 Å². The Morgan fingerprint density at radius 1 is 1.11 bits per heavy atom. The SMILES string of the molecule is CCCC(C)CC1CCC(N2CCOCC2)CC1. The van der Waals surface area contributed by atoms with Crippen molar-refractivity contribution in [2.24, 2.45) is 11.8 Å². The van der Waals surface area contributed by atoms with Crippen molar-refractivity contribution in [3.05, 3.63) is 0 Å². The van der Waals surface area contributed by atoms with E-state index < -0.39 is 0 Å². The second kappa shape index (κ2) is 7.49. The lowest BCUT2D eigenvalue weighted by Crippen LogP contribution is -2.45. The van der Waals surface area contributed by atoms with Crippen LogP contribution >= 0.6 is 0 Å². The molecule has 0 bridgehead atoms. The lowest BCUT2D eigenvalue weighted by molar-refractivity contribution is 0.00407. The molecule has 0 amide bonds. The van der Waals surface area contributed by atoms with E-state index in [0.717, 1.165) is 31.1 Å². The summed E-state index contributed by atoms with van der Waals surface area (Å²) < 4.78 is 5.45. The van der Waals surface area contributed by atoms with Crippen molar-refractivity contribution in [2.75, 3.05) is 26.3 Å². The summed E-state index contributed by atoms with van der Waals surface area (Å²) in [6.07, 6.45) is 10.1. The molecule has 0 aromatic carbocycles. The lowest BCUT2D eigenvalue weighted by atomic mass is 9.80. The van der Waals surface area contributed by atoms with Gasteiger partial charge in [-0.25, -0.2) is 0 Å². The van der Waals surface area contributed by atoms with Crippen LogP contribution in [0.2, 0.25) is 0 Å². The molecule has 2 aliphatic rings. The molecule has 18 heavy (non-hydrogen) atoms. The number of hydrogen-bond donors (Lipinski definition) is 0. The predicted octanol–water partition coefficient (Wildman–Crippen LogP) is 3.70. The molecule has 2 nitrogen and oxygen atoms in total. The lowest BCUT2D eigenvalue weighted by Gasteiger charge is -2.39. The topological polar surface area (TPSA) is 12.5 Å². The molecule has 106 valence electrons. The van der Waals surface area contributed by atoms with Crippen LogP contribution in [0.25, 0.3) is 0 Å². The zero-order chi connectivity index (χ0) is 12.8. The molecule has 0 spiro atoms. The summed E-state index contributed by atoms with van der Waals surface area (Å²) in [6, 6.07) is 0.867. The van der Waals surface area contributed by atoms with E-state index >= 15 is 0 Å². The molecule has 0 aromatic heterocycles. The van der Waals surface area contributed by atoms with Gasteiger partial charge in [-0.3, -0.25) is 4.90 Å². The summed E-state index contributed by atoms with van der Waals surface area (Å²) in [6.45, 7) is 8.99. The summed E-state index contributed by atoms with van der Waals surface area (Å²) >= 11 is 0. The summed E-state index contributed by atoms with van der Waals surface area (Å²) in [4.78, 5) is 2.68. The molecule has 0 radical (unpaired) electrons. The quantitative estimate of drug-likeness (QED) is 0.740. The highest BCUT2D eigenvalue weighted by Gasteiger charge is 2.27. The van der Waals surface area contributed by atoms with Crippen molar-refractivity contribution in [3.8, 4) is 0 Å². The van der Waals surface area contributed by atoms with E-state index in [-0.39, 0.29) is 0 Å². The van der Waals surface area contributed by atoms with E-state index in [1.165, 1.54) is 58.0 Å². The van der Waals surface area contributed by atoms with Crippen LogP contribution in [0, 0.1) is 11.8 Å². The molecule has 1 aliphatic carbocycles. The van der Waals surface area contributed by atoms with Crippen molar-refractivity contribution in [3.63, 3.8) is 0 Å². The average Bonchev–Trinajstić information content (AvgIpc) is 2.41. The van der Waals surface area contributed by atoms with Crippen LogP contribution in [0.15, 0.2) is 0 Å². The van der Waals surface area contributed by atoms with E-state index in [0.29, 0.717) is 0 Å². The minimum absolute atomic E-state index is 0.867. The number of nitrogens with zero attached hydrogens (tertiary/aromatic N) is 1. The van der Waals surface area contributed by atoms with Gasteiger partial charge in [0.15, 0.2) is 0 Å². The fourth-order valence-corrected chi connectivity index (χ4v) is 3.87. The van der Waals surface area contributed by atoms with Gasteiger partial charge in [-0.15, -0.1) is 0 Å². The van der Waals surface area contributed by atoms with E-state index in [2.05, 4.69) is 18.7 Å². The van der Waals surface area contributed by atoms with Gasteiger partial charge < -0.3 is 4.74 Å². The van der Waals surface area contributed by atoms with Gasteiger partial charge in [0.05, 0.1) is 13.2 Å². The first-order chi connectivity index (χ1) is 8.79. The Hall–Kier alpha value is -0.0800. The predicted molar refractivity (Wildman–Crippen MR) is 76.8 cm³/mol. The van der Waals surface area contributed by atoms with Crippen molar-refractivity contribution in [2.45, 2.75) is 64.8 Å². The van der Waals surface area contributed by atoms with Gasteiger partial charge in [-0.2, -0.15) is 0 Å². The summed E-state index contributed by atoms with van der Waals surface area (Å²) in [5.74, 6) is 1.96. The summed E-state index contributed by atoms with van der Waals surface area (Å²) in [7, 11) is 0. The van der Waals surface area contributed by atoms with Crippen molar-refractivity contribution in [1.82, 2.24) is 4.90 Å². The van der Waals surface area contributed by atoms with Crippen LogP contribution in [0.5, 0.6) is 0 Å². The van der Waals surface area contributed by atoms with E-state index in [1.54, 1.807) is 0 Å². The summed E-state index contributed by atoms with van der Waals surface area (Å²) in [5, 5.41) is 0. The molecule has 2 rings (SSSR count). The Morgan fingerprint density at radius 3 is 2.39 bits per heavy atom. The molecule has 1 aliphatic heterocycles. The molecular weight excluding hydrogens is 222 g/mol. The molecule has 1 unspecified atom stereocenters. The minimum Gasteiger partial charge on any atom is -0.379 e.